The van der Waals surface area contributed by atoms with Gasteiger partial charge in [0.2, 0.25) is 11.7 Å². The van der Waals surface area contributed by atoms with Crippen LogP contribution in [0.5, 0.6) is 0 Å². The number of Topliss-reactive ketones (excluding diaryl/α,β-unsaturated/α-hetero) is 3. The fourth-order valence-electron chi connectivity index (χ4n) is 15.0. The molecule has 15 atom stereocenters. The zero-order chi connectivity index (χ0) is 84.3. The first-order chi connectivity index (χ1) is 56.5. The minimum absolute atomic E-state index is 0.0110. The number of unbranched alkanes of at least 4 members (excludes halogenated alkanes) is 2. The van der Waals surface area contributed by atoms with E-state index in [1.165, 1.54) is 18.3 Å². The number of fused-ring (bicyclic) bond motifs is 4. The minimum Gasteiger partial charge on any atom is -0.459 e. The summed E-state index contributed by atoms with van der Waals surface area (Å²) in [5, 5.41) is 40.4. The number of allylic oxidation sites excluding steroid dienone is 6. The van der Waals surface area contributed by atoms with Crippen molar-refractivity contribution in [1.29, 1.82) is 0 Å². The van der Waals surface area contributed by atoms with Crippen LogP contribution >= 0.6 is 0 Å². The lowest BCUT2D eigenvalue weighted by molar-refractivity contribution is -0.265. The number of cyclic esters (lactones) is 1. The number of anilines is 1. The summed E-state index contributed by atoms with van der Waals surface area (Å²) in [4.78, 5) is 93.6. The normalized spacial score (nSPS) is 27.7. The summed E-state index contributed by atoms with van der Waals surface area (Å²) < 4.78 is 84.9. The summed E-state index contributed by atoms with van der Waals surface area (Å²) in [7, 11) is 4.60. The molecule has 1 aliphatic carbocycles. The highest BCUT2D eigenvalue weighted by molar-refractivity contribution is 6.39. The number of nitrogens with one attached hydrogen (secondary N) is 1. The van der Waals surface area contributed by atoms with Gasteiger partial charge < -0.3 is 98.2 Å². The van der Waals surface area contributed by atoms with E-state index in [0.29, 0.717) is 200 Å². The van der Waals surface area contributed by atoms with Crippen LogP contribution in [0.1, 0.15) is 156 Å². The standard InChI is InChI=1S/C84H135N11O22/c1-58-19-11-10-12-20-59(2)72(104-7)53-66-25-23-63(6)84(103,117-66)79(100)82(101)94-29-16-13-22-69(94)83(102)116-73(54-70(96)60(3)50-62(5)77(99)78(106-9)76(98)61(4)49-58)68(85)51-64-24-26-71(74(52-64)105-8)115-32-18-14-21-65-56-93(92-91-65)31-34-108-36-38-110-40-42-112-44-46-114-48-47-113-45-43-111-41-39-109-37-35-107-33-27-75(97)87-28-15-17-30-95-81-67(55-90-95)80(86)88-57-89-81/h10-12,19-20,50,55-58,60-61,63-64,66,68-69,71-74,77-78,99,103H,13-18,21-49,51-54,85H2,1-9H3,(H,87,97)(H2,86,88,89)/b12-10+,19-11+,59-20+,62-50+/t58-,60-,61-,63-,64+,66+,68-,69+,71-,72+,73+,74-,77-,78+,84-/m1/s1. The van der Waals surface area contributed by atoms with E-state index in [2.05, 4.69) is 30.7 Å². The molecule has 658 valence electrons. The Morgan fingerprint density at radius 3 is 2.03 bits per heavy atom. The Kier molecular flexibility index (Phi) is 44.8. The van der Waals surface area contributed by atoms with E-state index >= 15 is 0 Å². The number of aromatic nitrogens is 7. The molecule has 4 aliphatic rings. The van der Waals surface area contributed by atoms with E-state index in [4.69, 9.17) is 77.8 Å². The number of methoxy groups -OCH3 is 3. The molecule has 3 aromatic rings. The SMILES string of the molecule is CO[C@H]1C[C@@H]2CC[C@@H](C)[C@@](O)(O2)C(=O)C(=O)N2CCCC[C@H]2C(=O)O[C@H]([C@H](N)C[C@@H]2CC[C@@H](OCCCCc3cn(CCOCCOCCOCCOCCOCCOCCOCCOCCC(=O)NCCCCn4ncc5c(N)ncnc54)nn3)[C@H](OC)C2)CC(=O)[C@H](C)/C=C(\C)[C@@H](O)[C@@H](OC)C(=O)[C@H](C)C[C@H](C)/C=C/C=C/C=C/1C. The van der Waals surface area contributed by atoms with Gasteiger partial charge in [-0.05, 0) is 133 Å². The van der Waals surface area contributed by atoms with Crippen molar-refractivity contribution >= 4 is 52.0 Å². The van der Waals surface area contributed by atoms with Gasteiger partial charge in [0, 0.05) is 96.8 Å². The van der Waals surface area contributed by atoms with E-state index in [1.807, 2.05) is 50.4 Å². The Morgan fingerprint density at radius 1 is 0.709 bits per heavy atom. The van der Waals surface area contributed by atoms with Crippen molar-refractivity contribution in [2.24, 2.45) is 35.3 Å². The van der Waals surface area contributed by atoms with Gasteiger partial charge >= 0.3 is 5.97 Å². The molecule has 117 heavy (non-hydrogen) atoms. The Bertz CT molecular complexity index is 3560. The van der Waals surface area contributed by atoms with E-state index in [0.717, 1.165) is 55.2 Å². The summed E-state index contributed by atoms with van der Waals surface area (Å²) >= 11 is 0. The van der Waals surface area contributed by atoms with Gasteiger partial charge in [0.1, 0.15) is 42.3 Å². The predicted molar refractivity (Wildman–Crippen MR) is 434 cm³/mol. The average Bonchev–Trinajstić information content (AvgIpc) is 1.59. The first-order valence-electron chi connectivity index (χ1n) is 42.1. The van der Waals surface area contributed by atoms with E-state index in [9.17, 15) is 39.0 Å². The maximum absolute atomic E-state index is 14.7. The zero-order valence-electron chi connectivity index (χ0n) is 70.6. The molecule has 3 aliphatic heterocycles. The monoisotopic (exact) mass is 1650 g/mol. The molecular formula is C84H135N11O22. The number of aryl methyl sites for hydroxylation is 2. The van der Waals surface area contributed by atoms with E-state index in [1.54, 1.807) is 63.6 Å². The molecule has 0 radical (unpaired) electrons. The molecule has 3 aromatic heterocycles. The number of esters is 1. The van der Waals surface area contributed by atoms with Crippen molar-refractivity contribution in [2.75, 3.05) is 152 Å². The van der Waals surface area contributed by atoms with Crippen molar-refractivity contribution < 1.29 is 105 Å². The quantitative estimate of drug-likeness (QED) is 0.0178. The number of ether oxygens (including phenoxy) is 14. The van der Waals surface area contributed by atoms with Gasteiger partial charge in [-0.1, -0.05) is 69.4 Å². The zero-order valence-corrected chi connectivity index (χ0v) is 70.6. The van der Waals surface area contributed by atoms with Gasteiger partial charge in [-0.15, -0.1) is 5.10 Å². The summed E-state index contributed by atoms with van der Waals surface area (Å²) in [6.07, 6.45) is 20.0. The Labute approximate surface area is 689 Å². The lowest BCUT2D eigenvalue weighted by Crippen LogP contribution is -2.61. The van der Waals surface area contributed by atoms with Crippen molar-refractivity contribution in [3.63, 3.8) is 0 Å². The Morgan fingerprint density at radius 2 is 1.38 bits per heavy atom. The second-order valence-electron chi connectivity index (χ2n) is 31.1. The number of piperidine rings is 1. The number of nitrogens with two attached hydrogens (primary N) is 2. The van der Waals surface area contributed by atoms with Crippen LogP contribution < -0.4 is 16.8 Å². The number of nitrogens with zero attached hydrogens (tertiary/aromatic N) is 8. The van der Waals surface area contributed by atoms with E-state index < -0.39 is 83.8 Å². The highest BCUT2D eigenvalue weighted by Crippen LogP contribution is 2.38. The highest BCUT2D eigenvalue weighted by atomic mass is 16.6. The molecule has 33 nitrogen and oxygen atoms in total. The number of aliphatic hydroxyl groups is 2. The third kappa shape index (κ3) is 33.3. The van der Waals surface area contributed by atoms with E-state index in [-0.39, 0.29) is 73.7 Å². The largest absolute Gasteiger partial charge is 0.459 e. The molecule has 7 N–H and O–H groups in total. The minimum atomic E-state index is -2.48. The van der Waals surface area contributed by atoms with Crippen LogP contribution in [0.15, 0.2) is 66.3 Å². The smallest absolute Gasteiger partial charge is 0.329 e. The first-order valence-corrected chi connectivity index (χ1v) is 42.1. The number of carbonyl (C=O) groups excluding carboxylic acids is 6. The molecule has 2 amide bonds. The van der Waals surface area contributed by atoms with Crippen molar-refractivity contribution in [1.82, 2.24) is 45.0 Å². The molecular weight excluding hydrogens is 1510 g/mol. The summed E-state index contributed by atoms with van der Waals surface area (Å²) in [5.74, 6) is -7.91. The number of carbonyl (C=O) groups is 6. The van der Waals surface area contributed by atoms with Crippen LogP contribution in [0.3, 0.4) is 0 Å². The van der Waals surface area contributed by atoms with Crippen LogP contribution in [-0.4, -0.2) is 292 Å². The van der Waals surface area contributed by atoms with Crippen LogP contribution in [0, 0.1) is 29.6 Å². The second-order valence-corrected chi connectivity index (χ2v) is 31.1. The summed E-state index contributed by atoms with van der Waals surface area (Å²) in [6, 6.07) is -2.09. The molecule has 1 saturated carbocycles. The number of rotatable bonds is 44. The van der Waals surface area contributed by atoms with Gasteiger partial charge in [0.25, 0.3) is 11.7 Å². The highest BCUT2D eigenvalue weighted by Gasteiger charge is 2.53. The molecule has 3 fully saturated rings. The average molecular weight is 1650 g/mol. The van der Waals surface area contributed by atoms with Crippen molar-refractivity contribution in [3.05, 3.63) is 72.0 Å². The Balaban J connectivity index is 0.737. The predicted octanol–water partition coefficient (Wildman–Crippen LogP) is 6.35. The number of aliphatic hydroxyl groups excluding tert-OH is 1. The molecule has 0 aromatic carbocycles. The maximum atomic E-state index is 14.7. The van der Waals surface area contributed by atoms with Crippen molar-refractivity contribution in [2.45, 2.75) is 231 Å². The number of amides is 2. The fourth-order valence-corrected chi connectivity index (χ4v) is 15.0. The Hall–Kier alpha value is -6.77. The van der Waals surface area contributed by atoms with Gasteiger partial charge in [-0.25, -0.2) is 24.1 Å². The number of ketones is 3. The fraction of sp³-hybridized carbons (Fsp3) is 0.750. The third-order valence-electron chi connectivity index (χ3n) is 22.1. The first kappa shape index (κ1) is 97.4. The lowest BCUT2D eigenvalue weighted by atomic mass is 9.80. The van der Waals surface area contributed by atoms with Gasteiger partial charge in [-0.3, -0.25) is 24.0 Å². The molecule has 33 heteroatoms. The third-order valence-corrected chi connectivity index (χ3v) is 22.1. The molecule has 7 rings (SSSR count). The number of nitrogen functional groups attached to an aromatic ring is 1. The maximum Gasteiger partial charge on any atom is 0.329 e. The number of hydrogen-bond acceptors (Lipinski definition) is 29. The van der Waals surface area contributed by atoms with Crippen molar-refractivity contribution in [3.8, 4) is 0 Å². The molecule has 2 saturated heterocycles. The van der Waals surface area contributed by atoms with Crippen LogP contribution in [0.2, 0.25) is 0 Å². The molecule has 0 unspecified atom stereocenters. The van der Waals surface area contributed by atoms with Gasteiger partial charge in [0.05, 0.1) is 154 Å². The van der Waals surface area contributed by atoms with Crippen LogP contribution in [0.25, 0.3) is 11.0 Å². The molecule has 0 spiro atoms. The second kappa shape index (κ2) is 53.8. The molecule has 6 heterocycles. The number of hydrogen-bond donors (Lipinski definition) is 5. The van der Waals surface area contributed by atoms with Gasteiger partial charge in [0.15, 0.2) is 11.4 Å². The summed E-state index contributed by atoms with van der Waals surface area (Å²) in [5.41, 5.74) is 15.8. The summed E-state index contributed by atoms with van der Waals surface area (Å²) in [6.45, 7) is 19.8. The topological polar surface area (TPSA) is 414 Å². The van der Waals surface area contributed by atoms with Crippen LogP contribution in [-0.2, 0) is 115 Å². The van der Waals surface area contributed by atoms with Gasteiger partial charge in [-0.2, -0.15) is 5.10 Å². The lowest BCUT2D eigenvalue weighted by Gasteiger charge is -2.42. The van der Waals surface area contributed by atoms with Crippen LogP contribution in [0.4, 0.5) is 5.82 Å². The molecule has 2 bridgehead atoms.